The van der Waals surface area contributed by atoms with Gasteiger partial charge in [-0.15, -0.1) is 0 Å². The third kappa shape index (κ3) is 2.73. The minimum atomic E-state index is -0.299. The zero-order valence-electron chi connectivity index (χ0n) is 19.8. The Balaban J connectivity index is 1.73. The highest BCUT2D eigenvalue weighted by Crippen LogP contribution is 2.41. The van der Waals surface area contributed by atoms with Gasteiger partial charge in [-0.05, 0) is 81.2 Å². The first-order chi connectivity index (χ1) is 16.7. The Morgan fingerprint density at radius 1 is 0.914 bits per heavy atom. The van der Waals surface area contributed by atoms with E-state index < -0.39 is 0 Å². The molecular weight excluding hydrogens is 503 g/mol. The molecule has 3 aromatic heterocycles. The van der Waals surface area contributed by atoms with Crippen LogP contribution in [-0.4, -0.2) is 9.38 Å². The molecule has 0 aliphatic heterocycles. The normalized spacial score (nSPS) is 12.9. The number of imidazole rings is 1. The summed E-state index contributed by atoms with van der Waals surface area (Å²) in [6.07, 6.45) is 0. The van der Waals surface area contributed by atoms with E-state index in [1.165, 1.54) is 11.6 Å². The van der Waals surface area contributed by atoms with Crippen molar-refractivity contribution in [3.05, 3.63) is 82.1 Å². The van der Waals surface area contributed by atoms with Crippen LogP contribution in [-0.2, 0) is 5.41 Å². The zero-order valence-corrected chi connectivity index (χ0v) is 21.4. The number of nitrogens with zero attached hydrogens (tertiary/aromatic N) is 2. The number of aryl methyl sites for hydroxylation is 1. The van der Waals surface area contributed by atoms with Crippen molar-refractivity contribution in [1.82, 2.24) is 9.38 Å². The van der Waals surface area contributed by atoms with Gasteiger partial charge in [0.1, 0.15) is 22.6 Å². The van der Waals surface area contributed by atoms with E-state index in [9.17, 15) is 4.39 Å². The molecular formula is C30H22BrFN2O. The molecule has 3 nitrogen and oxygen atoms in total. The summed E-state index contributed by atoms with van der Waals surface area (Å²) in [5, 5.41) is 5.22. The Labute approximate surface area is 209 Å². The maximum Gasteiger partial charge on any atom is 0.163 e. The lowest BCUT2D eigenvalue weighted by atomic mass is 9.86. The molecule has 5 heteroatoms. The van der Waals surface area contributed by atoms with Gasteiger partial charge in [-0.2, -0.15) is 0 Å². The van der Waals surface area contributed by atoms with Crippen LogP contribution in [0, 0.1) is 12.7 Å². The van der Waals surface area contributed by atoms with Gasteiger partial charge in [0.15, 0.2) is 5.58 Å². The van der Waals surface area contributed by atoms with Gasteiger partial charge in [-0.1, -0.05) is 45.0 Å². The summed E-state index contributed by atoms with van der Waals surface area (Å²) in [4.78, 5) is 5.15. The van der Waals surface area contributed by atoms with Crippen LogP contribution in [0.5, 0.6) is 0 Å². The van der Waals surface area contributed by atoms with Crippen LogP contribution in [0.15, 0.2) is 69.6 Å². The number of benzene rings is 4. The summed E-state index contributed by atoms with van der Waals surface area (Å²) in [6.45, 7) is 8.74. The van der Waals surface area contributed by atoms with Crippen molar-refractivity contribution in [2.45, 2.75) is 33.1 Å². The third-order valence-corrected chi connectivity index (χ3v) is 7.96. The van der Waals surface area contributed by atoms with Gasteiger partial charge in [0.25, 0.3) is 0 Å². The van der Waals surface area contributed by atoms with E-state index in [2.05, 4.69) is 90.5 Å². The summed E-state index contributed by atoms with van der Waals surface area (Å²) in [5.41, 5.74) is 7.27. The van der Waals surface area contributed by atoms with E-state index in [1.807, 2.05) is 12.1 Å². The Kier molecular flexibility index (Phi) is 4.07. The molecule has 0 bridgehead atoms. The van der Waals surface area contributed by atoms with Gasteiger partial charge < -0.3 is 4.42 Å². The number of rotatable bonds is 0. The molecule has 0 N–H and O–H groups in total. The number of pyridine rings is 1. The largest absolute Gasteiger partial charge is 0.454 e. The summed E-state index contributed by atoms with van der Waals surface area (Å²) in [5.74, 6) is -0.299. The van der Waals surface area contributed by atoms with Crippen LogP contribution in [0.3, 0.4) is 0 Å². The Bertz CT molecular complexity index is 2020. The van der Waals surface area contributed by atoms with Crippen LogP contribution in [0.1, 0.15) is 31.9 Å². The van der Waals surface area contributed by atoms with E-state index in [4.69, 9.17) is 9.40 Å². The number of fused-ring (bicyclic) bond motifs is 12. The van der Waals surface area contributed by atoms with Crippen LogP contribution >= 0.6 is 15.9 Å². The van der Waals surface area contributed by atoms with E-state index in [0.29, 0.717) is 4.47 Å². The minimum absolute atomic E-state index is 0.0384. The standard InChI is InChI=1S/C30H22BrFN2O/c1-15-6-5-7-17-18-9-11-21(32)25(31)27(18)34-22-12-10-19-20-14-16(30(2,3)4)8-13-23(20)35-28(19)26(22)33-29(34)24(15)17/h5-14H,1-4H3. The molecule has 0 atom stereocenters. The van der Waals surface area contributed by atoms with Crippen molar-refractivity contribution in [3.8, 4) is 0 Å². The molecule has 0 amide bonds. The zero-order chi connectivity index (χ0) is 24.2. The molecule has 0 spiro atoms. The number of hydrogen-bond acceptors (Lipinski definition) is 2. The first-order valence-corrected chi connectivity index (χ1v) is 12.5. The molecule has 7 rings (SSSR count). The molecule has 0 fully saturated rings. The Hall–Kier alpha value is -3.44. The Morgan fingerprint density at radius 2 is 1.71 bits per heavy atom. The lowest BCUT2D eigenvalue weighted by molar-refractivity contribution is 0.590. The smallest absolute Gasteiger partial charge is 0.163 e. The highest BCUT2D eigenvalue weighted by atomic mass is 79.9. The average molecular weight is 525 g/mol. The maximum atomic E-state index is 14.8. The van der Waals surface area contributed by atoms with Crippen molar-refractivity contribution in [2.75, 3.05) is 0 Å². The van der Waals surface area contributed by atoms with Crippen molar-refractivity contribution in [2.24, 2.45) is 0 Å². The highest BCUT2D eigenvalue weighted by Gasteiger charge is 2.22. The SMILES string of the molecule is Cc1cccc2c3ccc(F)c(Br)c3n3c4ccc5c6cc(C(C)(C)C)ccc6oc5c4nc3c12. The molecule has 35 heavy (non-hydrogen) atoms. The van der Waals surface area contributed by atoms with Crippen molar-refractivity contribution >= 4 is 76.2 Å². The third-order valence-electron chi connectivity index (χ3n) is 7.21. The lowest BCUT2D eigenvalue weighted by Gasteiger charge is -2.18. The molecule has 0 saturated carbocycles. The van der Waals surface area contributed by atoms with Crippen LogP contribution in [0.25, 0.3) is 60.3 Å². The van der Waals surface area contributed by atoms with Gasteiger partial charge in [0.2, 0.25) is 0 Å². The van der Waals surface area contributed by atoms with Crippen molar-refractivity contribution < 1.29 is 8.81 Å². The summed E-state index contributed by atoms with van der Waals surface area (Å²) >= 11 is 3.53. The molecule has 0 saturated heterocycles. The molecule has 0 aliphatic rings. The molecule has 0 unspecified atom stereocenters. The van der Waals surface area contributed by atoms with E-state index in [1.54, 1.807) is 0 Å². The fraction of sp³-hybridized carbons (Fsp3) is 0.167. The van der Waals surface area contributed by atoms with Crippen LogP contribution < -0.4 is 0 Å². The van der Waals surface area contributed by atoms with Gasteiger partial charge in [-0.25, -0.2) is 9.37 Å². The number of furan rings is 1. The maximum absolute atomic E-state index is 14.8. The Morgan fingerprint density at radius 3 is 2.51 bits per heavy atom. The van der Waals surface area contributed by atoms with Gasteiger partial charge in [0, 0.05) is 21.5 Å². The highest BCUT2D eigenvalue weighted by molar-refractivity contribution is 9.10. The fourth-order valence-corrected chi connectivity index (χ4v) is 5.92. The van der Waals surface area contributed by atoms with Crippen molar-refractivity contribution in [3.63, 3.8) is 0 Å². The number of aromatic nitrogens is 2. The van der Waals surface area contributed by atoms with Gasteiger partial charge >= 0.3 is 0 Å². The van der Waals surface area contributed by atoms with E-state index in [0.717, 1.165) is 65.9 Å². The molecule has 3 heterocycles. The van der Waals surface area contributed by atoms with Crippen LogP contribution in [0.4, 0.5) is 4.39 Å². The molecule has 7 aromatic rings. The van der Waals surface area contributed by atoms with Crippen molar-refractivity contribution in [1.29, 1.82) is 0 Å². The van der Waals surface area contributed by atoms with Gasteiger partial charge in [0.05, 0.1) is 15.5 Å². The molecule has 172 valence electrons. The second-order valence-electron chi connectivity index (χ2n) is 10.4. The second kappa shape index (κ2) is 6.82. The second-order valence-corrected chi connectivity index (χ2v) is 11.2. The minimum Gasteiger partial charge on any atom is -0.454 e. The predicted molar refractivity (Wildman–Crippen MR) is 146 cm³/mol. The fourth-order valence-electron chi connectivity index (χ4n) is 5.40. The summed E-state index contributed by atoms with van der Waals surface area (Å²) in [7, 11) is 0. The average Bonchev–Trinajstić information content (AvgIpc) is 3.38. The molecule has 0 radical (unpaired) electrons. The number of hydrogen-bond donors (Lipinski definition) is 0. The number of halogens is 2. The van der Waals surface area contributed by atoms with E-state index in [-0.39, 0.29) is 11.2 Å². The van der Waals surface area contributed by atoms with E-state index >= 15 is 0 Å². The lowest BCUT2D eigenvalue weighted by Crippen LogP contribution is -2.10. The molecule has 4 aromatic carbocycles. The monoisotopic (exact) mass is 524 g/mol. The predicted octanol–water partition coefficient (Wildman–Crippen LogP) is 9.20. The van der Waals surface area contributed by atoms with Crippen LogP contribution in [0.2, 0.25) is 0 Å². The summed E-state index contributed by atoms with van der Waals surface area (Å²) in [6, 6.07) is 20.2. The molecule has 0 aliphatic carbocycles. The first kappa shape index (κ1) is 20.9. The quantitative estimate of drug-likeness (QED) is 0.185. The summed E-state index contributed by atoms with van der Waals surface area (Å²) < 4.78 is 23.7. The topological polar surface area (TPSA) is 30.4 Å². The van der Waals surface area contributed by atoms with Gasteiger partial charge in [-0.3, -0.25) is 4.40 Å². The first-order valence-electron chi connectivity index (χ1n) is 11.7.